The molecule has 28 heavy (non-hydrogen) atoms. The Labute approximate surface area is 165 Å². The van der Waals surface area contributed by atoms with E-state index in [0.717, 1.165) is 24.2 Å². The molecular formula is C22H28FN3O2. The molecule has 1 saturated heterocycles. The number of hydrogen-bond donors (Lipinski definition) is 1. The van der Waals surface area contributed by atoms with Crippen LogP contribution in [0.4, 0.5) is 10.1 Å². The van der Waals surface area contributed by atoms with Crippen LogP contribution in [0.2, 0.25) is 0 Å². The minimum Gasteiger partial charge on any atom is -0.483 e. The lowest BCUT2D eigenvalue weighted by molar-refractivity contribution is -0.139. The topological polar surface area (TPSA) is 58.8 Å². The van der Waals surface area contributed by atoms with Crippen molar-refractivity contribution in [3.8, 4) is 5.75 Å². The van der Waals surface area contributed by atoms with Crippen LogP contribution in [0.15, 0.2) is 42.5 Å². The van der Waals surface area contributed by atoms with Gasteiger partial charge >= 0.3 is 0 Å². The van der Waals surface area contributed by atoms with E-state index in [9.17, 15) is 9.18 Å². The zero-order valence-electron chi connectivity index (χ0n) is 16.7. The number of ether oxygens (including phenoxy) is 1. The summed E-state index contributed by atoms with van der Waals surface area (Å²) in [4.78, 5) is 16.9. The molecule has 6 heteroatoms. The maximum absolute atomic E-state index is 13.1. The first kappa shape index (κ1) is 20.1. The van der Waals surface area contributed by atoms with Gasteiger partial charge in [-0.1, -0.05) is 18.2 Å². The van der Waals surface area contributed by atoms with E-state index in [1.807, 2.05) is 49.1 Å². The molecule has 0 aromatic heterocycles. The van der Waals surface area contributed by atoms with E-state index >= 15 is 0 Å². The maximum atomic E-state index is 13.1. The summed E-state index contributed by atoms with van der Waals surface area (Å²) in [5, 5.41) is 0. The molecule has 2 atom stereocenters. The molecule has 2 aromatic carbocycles. The predicted octanol–water partition coefficient (Wildman–Crippen LogP) is 3.22. The molecule has 1 amide bonds. The lowest BCUT2D eigenvalue weighted by atomic mass is 10.1. The molecule has 2 unspecified atom stereocenters. The van der Waals surface area contributed by atoms with E-state index in [2.05, 4.69) is 11.8 Å². The van der Waals surface area contributed by atoms with E-state index in [4.69, 9.17) is 10.5 Å². The van der Waals surface area contributed by atoms with Gasteiger partial charge in [0.05, 0.1) is 0 Å². The monoisotopic (exact) mass is 385 g/mol. The fourth-order valence-electron chi connectivity index (χ4n) is 3.60. The molecule has 0 spiro atoms. The van der Waals surface area contributed by atoms with Crippen molar-refractivity contribution in [2.45, 2.75) is 39.4 Å². The molecule has 1 heterocycles. The Morgan fingerprint density at radius 1 is 1.14 bits per heavy atom. The van der Waals surface area contributed by atoms with Gasteiger partial charge in [0.1, 0.15) is 11.6 Å². The Morgan fingerprint density at radius 2 is 1.86 bits per heavy atom. The smallest absolute Gasteiger partial charge is 0.260 e. The highest BCUT2D eigenvalue weighted by Gasteiger charge is 2.32. The highest BCUT2D eigenvalue weighted by Crippen LogP contribution is 2.23. The second-order valence-electron chi connectivity index (χ2n) is 7.56. The van der Waals surface area contributed by atoms with Crippen LogP contribution in [-0.4, -0.2) is 47.5 Å². The Hall–Kier alpha value is -2.60. The van der Waals surface area contributed by atoms with Gasteiger partial charge in [-0.15, -0.1) is 0 Å². The average molecular weight is 385 g/mol. The second kappa shape index (κ2) is 8.61. The molecule has 2 N–H and O–H groups in total. The fraction of sp³-hybridized carbons (Fsp3) is 0.409. The van der Waals surface area contributed by atoms with Crippen molar-refractivity contribution in [2.24, 2.45) is 0 Å². The van der Waals surface area contributed by atoms with E-state index < -0.39 is 0 Å². The lowest BCUT2D eigenvalue weighted by Gasteiger charge is -2.44. The first-order chi connectivity index (χ1) is 13.3. The third-order valence-corrected chi connectivity index (χ3v) is 5.41. The van der Waals surface area contributed by atoms with E-state index in [1.165, 1.54) is 12.1 Å². The first-order valence-corrected chi connectivity index (χ1v) is 9.61. The zero-order chi connectivity index (χ0) is 20.3. The molecule has 5 nitrogen and oxygen atoms in total. The lowest BCUT2D eigenvalue weighted by Crippen LogP contribution is -2.58. The maximum Gasteiger partial charge on any atom is 0.260 e. The van der Waals surface area contributed by atoms with Gasteiger partial charge in [0.25, 0.3) is 5.91 Å². The number of benzene rings is 2. The van der Waals surface area contributed by atoms with Gasteiger partial charge in [-0.2, -0.15) is 0 Å². The van der Waals surface area contributed by atoms with Gasteiger partial charge in [-0.3, -0.25) is 9.69 Å². The van der Waals surface area contributed by atoms with Gasteiger partial charge < -0.3 is 15.4 Å². The molecule has 150 valence electrons. The van der Waals surface area contributed by atoms with Gasteiger partial charge in [-0.05, 0) is 50.6 Å². The minimum atomic E-state index is -0.226. The summed E-state index contributed by atoms with van der Waals surface area (Å²) in [6, 6.07) is 12.3. The van der Waals surface area contributed by atoms with Crippen LogP contribution >= 0.6 is 0 Å². The Kier molecular flexibility index (Phi) is 6.19. The summed E-state index contributed by atoms with van der Waals surface area (Å²) in [7, 11) is 0. The number of halogens is 1. The van der Waals surface area contributed by atoms with Gasteiger partial charge in [0, 0.05) is 43.0 Å². The number of anilines is 1. The number of rotatable bonds is 5. The molecule has 0 saturated carbocycles. The minimum absolute atomic E-state index is 0.000679. The molecule has 1 aliphatic heterocycles. The van der Waals surface area contributed by atoms with Crippen LogP contribution in [0.25, 0.3) is 0 Å². The van der Waals surface area contributed by atoms with Crippen LogP contribution in [-0.2, 0) is 11.3 Å². The van der Waals surface area contributed by atoms with Crippen LogP contribution in [0, 0.1) is 12.7 Å². The Bertz CT molecular complexity index is 825. The number of carbonyl (C=O) groups is 1. The highest BCUT2D eigenvalue weighted by molar-refractivity contribution is 5.78. The normalized spacial score (nSPS) is 20.2. The number of hydrogen-bond acceptors (Lipinski definition) is 4. The third kappa shape index (κ3) is 4.62. The molecular weight excluding hydrogens is 357 g/mol. The summed E-state index contributed by atoms with van der Waals surface area (Å²) < 4.78 is 18.8. The van der Waals surface area contributed by atoms with Crippen LogP contribution < -0.4 is 10.5 Å². The summed E-state index contributed by atoms with van der Waals surface area (Å²) in [6.45, 7) is 8.19. The molecule has 0 radical (unpaired) electrons. The van der Waals surface area contributed by atoms with Gasteiger partial charge in [0.2, 0.25) is 0 Å². The molecule has 3 rings (SSSR count). The van der Waals surface area contributed by atoms with Crippen LogP contribution in [0.1, 0.15) is 25.0 Å². The highest BCUT2D eigenvalue weighted by atomic mass is 19.1. The summed E-state index contributed by atoms with van der Waals surface area (Å²) in [6.07, 6.45) is 0. The van der Waals surface area contributed by atoms with Crippen molar-refractivity contribution in [2.75, 3.05) is 25.4 Å². The van der Waals surface area contributed by atoms with Crippen molar-refractivity contribution in [1.82, 2.24) is 9.80 Å². The summed E-state index contributed by atoms with van der Waals surface area (Å²) in [5.41, 5.74) is 8.47. The summed E-state index contributed by atoms with van der Waals surface area (Å²) in [5.74, 6) is 0.391. The average Bonchev–Trinajstić information content (AvgIpc) is 2.67. The van der Waals surface area contributed by atoms with Crippen molar-refractivity contribution < 1.29 is 13.9 Å². The molecule has 1 fully saturated rings. The Morgan fingerprint density at radius 3 is 2.57 bits per heavy atom. The van der Waals surface area contributed by atoms with Crippen molar-refractivity contribution in [3.63, 3.8) is 0 Å². The number of piperazine rings is 1. The Balaban J connectivity index is 1.57. The zero-order valence-corrected chi connectivity index (χ0v) is 16.7. The van der Waals surface area contributed by atoms with Gasteiger partial charge in [-0.25, -0.2) is 4.39 Å². The van der Waals surface area contributed by atoms with E-state index in [1.54, 1.807) is 0 Å². The molecule has 0 bridgehead atoms. The molecule has 0 aliphatic carbocycles. The fourth-order valence-corrected chi connectivity index (χ4v) is 3.60. The predicted molar refractivity (Wildman–Crippen MR) is 109 cm³/mol. The number of amides is 1. The number of nitrogen functional groups attached to an aromatic ring is 1. The van der Waals surface area contributed by atoms with E-state index in [0.29, 0.717) is 18.0 Å². The first-order valence-electron chi connectivity index (χ1n) is 9.61. The van der Waals surface area contributed by atoms with Crippen molar-refractivity contribution in [3.05, 3.63) is 59.4 Å². The number of nitrogens with zero attached hydrogens (tertiary/aromatic N) is 2. The van der Waals surface area contributed by atoms with Crippen LogP contribution in [0.5, 0.6) is 5.75 Å². The number of nitrogens with two attached hydrogens (primary N) is 1. The largest absolute Gasteiger partial charge is 0.483 e. The second-order valence-corrected chi connectivity index (χ2v) is 7.56. The third-order valence-electron chi connectivity index (χ3n) is 5.41. The number of carbonyl (C=O) groups excluding carboxylic acids is 1. The standard InChI is InChI=1S/C22H28FN3O2/c1-15-12-26(22(27)14-28-21-6-4-5-20(24)17(21)3)16(2)11-25(15)13-18-7-9-19(23)10-8-18/h4-10,15-16H,11-14,24H2,1-3H3. The van der Waals surface area contributed by atoms with E-state index in [-0.39, 0.29) is 30.4 Å². The SMILES string of the molecule is Cc1c(N)cccc1OCC(=O)N1CC(C)N(Cc2ccc(F)cc2)CC1C. The van der Waals surface area contributed by atoms with Gasteiger partial charge in [0.15, 0.2) is 6.61 Å². The molecule has 2 aromatic rings. The van der Waals surface area contributed by atoms with Crippen LogP contribution in [0.3, 0.4) is 0 Å². The quantitative estimate of drug-likeness (QED) is 0.803. The summed E-state index contributed by atoms with van der Waals surface area (Å²) >= 11 is 0. The van der Waals surface area contributed by atoms with Crippen molar-refractivity contribution in [1.29, 1.82) is 0 Å². The van der Waals surface area contributed by atoms with Crippen molar-refractivity contribution >= 4 is 11.6 Å². The molecule has 1 aliphatic rings.